The van der Waals surface area contributed by atoms with Crippen molar-refractivity contribution in [2.75, 3.05) is 13.2 Å². The Morgan fingerprint density at radius 3 is 2.48 bits per heavy atom. The second-order valence-electron chi connectivity index (χ2n) is 6.15. The summed E-state index contributed by atoms with van der Waals surface area (Å²) in [5, 5.41) is 1.34. The lowest BCUT2D eigenvalue weighted by atomic mass is 9.77. The number of hydrogen-bond donors (Lipinski definition) is 0. The van der Waals surface area contributed by atoms with Crippen LogP contribution >= 0.6 is 23.2 Å². The van der Waals surface area contributed by atoms with Gasteiger partial charge in [0, 0.05) is 13.2 Å². The molecule has 0 heterocycles. The normalized spacial score (nSPS) is 22.4. The molecule has 21 heavy (non-hydrogen) atoms. The summed E-state index contributed by atoms with van der Waals surface area (Å²) in [4.78, 5) is 0. The van der Waals surface area contributed by atoms with Crippen molar-refractivity contribution in [3.8, 4) is 0 Å². The molecule has 1 aliphatic rings. The van der Waals surface area contributed by atoms with Crippen molar-refractivity contribution in [3.05, 3.63) is 33.8 Å². The molecule has 0 aromatic heterocycles. The second-order valence-corrected chi connectivity index (χ2v) is 6.96. The summed E-state index contributed by atoms with van der Waals surface area (Å²) < 4.78 is 5.56. The SMILES string of the molecule is CCCOCCC[C@H]1CC[C@H](c2ccc(Cl)c(Cl)c2)CC1. The highest BCUT2D eigenvalue weighted by atomic mass is 35.5. The summed E-state index contributed by atoms with van der Waals surface area (Å²) >= 11 is 12.1. The van der Waals surface area contributed by atoms with E-state index in [1.807, 2.05) is 12.1 Å². The lowest BCUT2D eigenvalue weighted by Gasteiger charge is -2.29. The molecule has 0 radical (unpaired) electrons. The van der Waals surface area contributed by atoms with Crippen LogP contribution in [0.2, 0.25) is 10.0 Å². The van der Waals surface area contributed by atoms with Gasteiger partial charge in [-0.3, -0.25) is 0 Å². The van der Waals surface area contributed by atoms with Crippen molar-refractivity contribution in [3.63, 3.8) is 0 Å². The van der Waals surface area contributed by atoms with E-state index in [-0.39, 0.29) is 0 Å². The van der Waals surface area contributed by atoms with Crippen LogP contribution in [0.15, 0.2) is 18.2 Å². The average molecular weight is 329 g/mol. The Morgan fingerprint density at radius 1 is 1.05 bits per heavy atom. The molecule has 0 atom stereocenters. The maximum atomic E-state index is 6.13. The zero-order valence-corrected chi connectivity index (χ0v) is 14.4. The van der Waals surface area contributed by atoms with Gasteiger partial charge in [0.2, 0.25) is 0 Å². The summed E-state index contributed by atoms with van der Waals surface area (Å²) in [5.74, 6) is 1.54. The lowest BCUT2D eigenvalue weighted by molar-refractivity contribution is 0.124. The zero-order valence-electron chi connectivity index (χ0n) is 12.9. The molecule has 1 fully saturated rings. The van der Waals surface area contributed by atoms with Crippen LogP contribution in [-0.4, -0.2) is 13.2 Å². The molecular formula is C18H26Cl2O. The third-order valence-electron chi connectivity index (χ3n) is 4.51. The third kappa shape index (κ3) is 5.47. The van der Waals surface area contributed by atoms with Gasteiger partial charge in [-0.2, -0.15) is 0 Å². The van der Waals surface area contributed by atoms with E-state index in [1.165, 1.54) is 44.1 Å². The van der Waals surface area contributed by atoms with Crippen molar-refractivity contribution < 1.29 is 4.74 Å². The monoisotopic (exact) mass is 328 g/mol. The third-order valence-corrected chi connectivity index (χ3v) is 5.25. The lowest BCUT2D eigenvalue weighted by Crippen LogP contribution is -2.14. The minimum absolute atomic E-state index is 0.654. The summed E-state index contributed by atoms with van der Waals surface area (Å²) in [6.45, 7) is 3.99. The number of benzene rings is 1. The molecule has 1 aromatic carbocycles. The van der Waals surface area contributed by atoms with Gasteiger partial charge in [0.05, 0.1) is 10.0 Å². The summed E-state index contributed by atoms with van der Waals surface area (Å²) in [6, 6.07) is 6.11. The van der Waals surface area contributed by atoms with E-state index in [1.54, 1.807) is 0 Å². The standard InChI is InChI=1S/C18H26Cl2O/c1-2-11-21-12-3-4-14-5-7-15(8-6-14)16-9-10-17(19)18(20)13-16/h9-10,13-15H,2-8,11-12H2,1H3/t14-,15-. The topological polar surface area (TPSA) is 9.23 Å². The minimum Gasteiger partial charge on any atom is -0.381 e. The van der Waals surface area contributed by atoms with E-state index in [0.29, 0.717) is 16.0 Å². The molecule has 3 heteroatoms. The summed E-state index contributed by atoms with van der Waals surface area (Å²) in [5.41, 5.74) is 1.36. The Hall–Kier alpha value is -0.240. The van der Waals surface area contributed by atoms with Crippen molar-refractivity contribution >= 4 is 23.2 Å². The van der Waals surface area contributed by atoms with Gasteiger partial charge in [0.25, 0.3) is 0 Å². The molecule has 0 N–H and O–H groups in total. The molecular weight excluding hydrogens is 303 g/mol. The van der Waals surface area contributed by atoms with Crippen LogP contribution in [0.3, 0.4) is 0 Å². The fourth-order valence-corrected chi connectivity index (χ4v) is 3.58. The van der Waals surface area contributed by atoms with Gasteiger partial charge in [-0.1, -0.05) is 36.2 Å². The molecule has 0 aliphatic heterocycles. The van der Waals surface area contributed by atoms with Crippen LogP contribution in [-0.2, 0) is 4.74 Å². The van der Waals surface area contributed by atoms with E-state index < -0.39 is 0 Å². The Balaban J connectivity index is 1.71. The predicted octanol–water partition coefficient (Wildman–Crippen LogP) is 6.47. The molecule has 0 amide bonds. The number of ether oxygens (including phenoxy) is 1. The van der Waals surface area contributed by atoms with Crippen LogP contribution in [0.5, 0.6) is 0 Å². The maximum Gasteiger partial charge on any atom is 0.0595 e. The Labute approximate surface area is 139 Å². The molecule has 0 saturated heterocycles. The quantitative estimate of drug-likeness (QED) is 0.521. The largest absolute Gasteiger partial charge is 0.381 e. The van der Waals surface area contributed by atoms with Crippen molar-refractivity contribution in [2.24, 2.45) is 5.92 Å². The smallest absolute Gasteiger partial charge is 0.0595 e. The average Bonchev–Trinajstić information content (AvgIpc) is 2.50. The van der Waals surface area contributed by atoms with Gasteiger partial charge in [0.15, 0.2) is 0 Å². The van der Waals surface area contributed by atoms with Gasteiger partial charge in [-0.15, -0.1) is 0 Å². The van der Waals surface area contributed by atoms with Gasteiger partial charge in [-0.25, -0.2) is 0 Å². The van der Waals surface area contributed by atoms with Crippen LogP contribution in [0, 0.1) is 5.92 Å². The predicted molar refractivity (Wildman–Crippen MR) is 91.5 cm³/mol. The Morgan fingerprint density at radius 2 is 1.81 bits per heavy atom. The van der Waals surface area contributed by atoms with Crippen molar-refractivity contribution in [1.82, 2.24) is 0 Å². The van der Waals surface area contributed by atoms with Gasteiger partial charge in [-0.05, 0) is 74.5 Å². The summed E-state index contributed by atoms with van der Waals surface area (Å²) in [7, 11) is 0. The molecule has 1 aromatic rings. The number of rotatable bonds is 7. The first kappa shape index (κ1) is 17.1. The molecule has 1 nitrogen and oxygen atoms in total. The van der Waals surface area contributed by atoms with Crippen LogP contribution in [0.4, 0.5) is 0 Å². The van der Waals surface area contributed by atoms with Gasteiger partial charge < -0.3 is 4.74 Å². The Bertz CT molecular complexity index is 425. The van der Waals surface area contributed by atoms with Crippen molar-refractivity contribution in [2.45, 2.75) is 57.8 Å². The summed E-state index contributed by atoms with van der Waals surface area (Å²) in [6.07, 6.45) is 8.86. The van der Waals surface area contributed by atoms with Gasteiger partial charge in [0.1, 0.15) is 0 Å². The minimum atomic E-state index is 0.654. The first-order valence-electron chi connectivity index (χ1n) is 8.23. The van der Waals surface area contributed by atoms with E-state index in [4.69, 9.17) is 27.9 Å². The van der Waals surface area contributed by atoms with Gasteiger partial charge >= 0.3 is 0 Å². The van der Waals surface area contributed by atoms with Crippen LogP contribution in [0.1, 0.15) is 63.4 Å². The molecule has 1 aliphatic carbocycles. The van der Waals surface area contributed by atoms with E-state index >= 15 is 0 Å². The Kier molecular flexibility index (Phi) is 7.36. The van der Waals surface area contributed by atoms with Crippen LogP contribution in [0.25, 0.3) is 0 Å². The van der Waals surface area contributed by atoms with E-state index in [0.717, 1.165) is 25.6 Å². The molecule has 0 spiro atoms. The first-order chi connectivity index (χ1) is 10.2. The first-order valence-corrected chi connectivity index (χ1v) is 8.99. The molecule has 1 saturated carbocycles. The number of halogens is 2. The molecule has 0 bridgehead atoms. The fourth-order valence-electron chi connectivity index (χ4n) is 3.27. The highest BCUT2D eigenvalue weighted by Crippen LogP contribution is 2.39. The van der Waals surface area contributed by atoms with E-state index in [2.05, 4.69) is 13.0 Å². The molecule has 0 unspecified atom stereocenters. The highest BCUT2D eigenvalue weighted by Gasteiger charge is 2.22. The maximum absolute atomic E-state index is 6.13. The second kappa shape index (κ2) is 9.02. The number of hydrogen-bond acceptors (Lipinski definition) is 1. The zero-order chi connectivity index (χ0) is 15.1. The fraction of sp³-hybridized carbons (Fsp3) is 0.667. The van der Waals surface area contributed by atoms with Crippen LogP contribution < -0.4 is 0 Å². The molecule has 118 valence electrons. The van der Waals surface area contributed by atoms with Crippen molar-refractivity contribution in [1.29, 1.82) is 0 Å². The highest BCUT2D eigenvalue weighted by molar-refractivity contribution is 6.42. The molecule has 2 rings (SSSR count). The van der Waals surface area contributed by atoms with E-state index in [9.17, 15) is 0 Å².